The first-order valence-electron chi connectivity index (χ1n) is 9.33. The van der Waals surface area contributed by atoms with Crippen LogP contribution in [0.4, 0.5) is 11.5 Å². The van der Waals surface area contributed by atoms with Gasteiger partial charge in [-0.2, -0.15) is 5.10 Å². The van der Waals surface area contributed by atoms with E-state index in [0.29, 0.717) is 17.6 Å². The third-order valence-corrected chi connectivity index (χ3v) is 6.05. The number of aromatic nitrogens is 3. The highest BCUT2D eigenvalue weighted by molar-refractivity contribution is 7.92. The van der Waals surface area contributed by atoms with Gasteiger partial charge in [-0.3, -0.25) is 14.8 Å². The molecule has 2 aromatic heterocycles. The maximum Gasteiger partial charge on any atom is 0.269 e. The summed E-state index contributed by atoms with van der Waals surface area (Å²) in [6.45, 7) is 4.57. The van der Waals surface area contributed by atoms with Crippen molar-refractivity contribution >= 4 is 43.5 Å². The highest BCUT2D eigenvalue weighted by Crippen LogP contribution is 2.28. The molecule has 0 saturated carbocycles. The number of hydrogen-bond donors (Lipinski definition) is 1. The fourth-order valence-electron chi connectivity index (χ4n) is 3.24. The number of pyridine rings is 1. The van der Waals surface area contributed by atoms with Gasteiger partial charge >= 0.3 is 0 Å². The smallest absolute Gasteiger partial charge is 0.261 e. The van der Waals surface area contributed by atoms with E-state index in [2.05, 4.69) is 9.82 Å². The summed E-state index contributed by atoms with van der Waals surface area (Å²) in [5.74, 6) is 0.173. The average Bonchev–Trinajstić information content (AvgIpc) is 3.02. The number of hydrogen-bond acceptors (Lipinski definition) is 6. The number of nitrogens with one attached hydrogen (secondary N) is 1. The van der Waals surface area contributed by atoms with Gasteiger partial charge in [-0.05, 0) is 43.2 Å². The Bertz CT molecular complexity index is 1380. The molecule has 0 spiro atoms. The van der Waals surface area contributed by atoms with E-state index in [1.807, 2.05) is 38.1 Å². The first-order chi connectivity index (χ1) is 14.3. The summed E-state index contributed by atoms with van der Waals surface area (Å²) in [6.07, 6.45) is 0.804. The van der Waals surface area contributed by atoms with Crippen molar-refractivity contribution in [2.24, 2.45) is 0 Å². The van der Waals surface area contributed by atoms with E-state index in [4.69, 9.17) is 4.98 Å². The Kier molecular flexibility index (Phi) is 4.86. The molecule has 0 aliphatic rings. The van der Waals surface area contributed by atoms with Gasteiger partial charge in [-0.15, -0.1) is 0 Å². The number of benzene rings is 2. The van der Waals surface area contributed by atoms with Crippen LogP contribution in [0.3, 0.4) is 0 Å². The quantitative estimate of drug-likeness (QED) is 0.368. The predicted molar refractivity (Wildman–Crippen MR) is 114 cm³/mol. The Morgan fingerprint density at radius 1 is 1.13 bits per heavy atom. The summed E-state index contributed by atoms with van der Waals surface area (Å²) in [4.78, 5) is 14.8. The molecule has 0 radical (unpaired) electrons. The number of anilines is 1. The van der Waals surface area contributed by atoms with Crippen LogP contribution in [0.15, 0.2) is 53.4 Å². The molecule has 1 N–H and O–H groups in total. The van der Waals surface area contributed by atoms with E-state index in [1.54, 1.807) is 4.68 Å². The van der Waals surface area contributed by atoms with Crippen LogP contribution in [0.2, 0.25) is 0 Å². The van der Waals surface area contributed by atoms with Gasteiger partial charge in [-0.25, -0.2) is 18.1 Å². The highest BCUT2D eigenvalue weighted by Gasteiger charge is 2.21. The molecule has 154 valence electrons. The maximum atomic E-state index is 12.9. The van der Waals surface area contributed by atoms with Crippen LogP contribution in [0.1, 0.15) is 18.9 Å². The molecular weight excluding hydrogens is 406 g/mol. The number of sulfonamides is 1. The SMILES string of the molecule is CCCn1nc(NS(=O)(=O)c2ccc([N+](=O)[O-])cc2)c2cc3ccc(C)cc3nc21. The summed E-state index contributed by atoms with van der Waals surface area (Å²) in [5, 5.41) is 16.7. The van der Waals surface area contributed by atoms with Crippen molar-refractivity contribution in [1.29, 1.82) is 0 Å². The Hall–Kier alpha value is -3.53. The molecule has 4 aromatic rings. The van der Waals surface area contributed by atoms with Gasteiger partial charge in [0.05, 0.1) is 20.7 Å². The van der Waals surface area contributed by atoms with Crippen molar-refractivity contribution in [2.75, 3.05) is 4.72 Å². The first-order valence-corrected chi connectivity index (χ1v) is 10.8. The third kappa shape index (κ3) is 3.57. The largest absolute Gasteiger partial charge is 0.269 e. The fourth-order valence-corrected chi connectivity index (χ4v) is 4.25. The molecule has 30 heavy (non-hydrogen) atoms. The minimum atomic E-state index is -3.99. The van der Waals surface area contributed by atoms with Crippen molar-refractivity contribution < 1.29 is 13.3 Å². The van der Waals surface area contributed by atoms with Gasteiger partial charge in [0, 0.05) is 24.1 Å². The molecule has 9 nitrogen and oxygen atoms in total. The lowest BCUT2D eigenvalue weighted by atomic mass is 10.1. The second-order valence-electron chi connectivity index (χ2n) is 6.98. The molecule has 10 heteroatoms. The molecule has 0 fully saturated rings. The molecule has 0 amide bonds. The number of nitrogens with zero attached hydrogens (tertiary/aromatic N) is 4. The maximum absolute atomic E-state index is 12.9. The van der Waals surface area contributed by atoms with Gasteiger partial charge in [0.25, 0.3) is 15.7 Å². The zero-order valence-electron chi connectivity index (χ0n) is 16.4. The monoisotopic (exact) mass is 425 g/mol. The zero-order chi connectivity index (χ0) is 21.5. The Morgan fingerprint density at radius 3 is 2.53 bits per heavy atom. The topological polar surface area (TPSA) is 120 Å². The lowest BCUT2D eigenvalue weighted by Gasteiger charge is -2.06. The standard InChI is InChI=1S/C20H19N5O4S/c1-3-10-24-20-17(12-14-5-4-13(2)11-18(14)21-20)19(22-24)23-30(28,29)16-8-6-15(7-9-16)25(26)27/h4-9,11-12H,3,10H2,1-2H3,(H,22,23). The molecule has 0 aliphatic heterocycles. The fraction of sp³-hybridized carbons (Fsp3) is 0.200. The highest BCUT2D eigenvalue weighted by atomic mass is 32.2. The number of aryl methyl sites for hydroxylation is 2. The van der Waals surface area contributed by atoms with Crippen LogP contribution in [0, 0.1) is 17.0 Å². The van der Waals surface area contributed by atoms with E-state index in [0.717, 1.165) is 35.0 Å². The van der Waals surface area contributed by atoms with Crippen molar-refractivity contribution in [3.05, 3.63) is 64.2 Å². The van der Waals surface area contributed by atoms with Gasteiger partial charge in [0.1, 0.15) is 0 Å². The summed E-state index contributed by atoms with van der Waals surface area (Å²) >= 11 is 0. The second kappa shape index (κ2) is 7.38. The summed E-state index contributed by atoms with van der Waals surface area (Å²) in [7, 11) is -3.99. The van der Waals surface area contributed by atoms with E-state index < -0.39 is 14.9 Å². The van der Waals surface area contributed by atoms with Crippen LogP contribution in [-0.4, -0.2) is 28.1 Å². The number of fused-ring (bicyclic) bond motifs is 2. The number of non-ortho nitro benzene ring substituents is 1. The van der Waals surface area contributed by atoms with Gasteiger partial charge in [0.2, 0.25) is 0 Å². The zero-order valence-corrected chi connectivity index (χ0v) is 17.2. The third-order valence-electron chi connectivity index (χ3n) is 4.70. The summed E-state index contributed by atoms with van der Waals surface area (Å²) in [6, 6.07) is 12.4. The van der Waals surface area contributed by atoms with Crippen LogP contribution in [0.5, 0.6) is 0 Å². The Morgan fingerprint density at radius 2 is 1.87 bits per heavy atom. The van der Waals surface area contributed by atoms with Crippen LogP contribution in [-0.2, 0) is 16.6 Å². The lowest BCUT2D eigenvalue weighted by molar-refractivity contribution is -0.384. The average molecular weight is 425 g/mol. The lowest BCUT2D eigenvalue weighted by Crippen LogP contribution is -2.14. The van der Waals surface area contributed by atoms with Crippen molar-refractivity contribution in [2.45, 2.75) is 31.7 Å². The van der Waals surface area contributed by atoms with E-state index in [-0.39, 0.29) is 16.4 Å². The van der Waals surface area contributed by atoms with Crippen molar-refractivity contribution in [1.82, 2.24) is 14.8 Å². The van der Waals surface area contributed by atoms with Crippen molar-refractivity contribution in [3.8, 4) is 0 Å². The number of rotatable bonds is 6. The Labute approximate surface area is 172 Å². The van der Waals surface area contributed by atoms with Gasteiger partial charge < -0.3 is 0 Å². The molecule has 0 saturated heterocycles. The normalized spacial score (nSPS) is 11.8. The molecule has 4 rings (SSSR count). The van der Waals surface area contributed by atoms with Gasteiger partial charge in [-0.1, -0.05) is 19.1 Å². The minimum Gasteiger partial charge on any atom is -0.261 e. The molecular formula is C20H19N5O4S. The number of nitro benzene ring substituents is 1. The molecule has 2 aromatic carbocycles. The molecule has 0 unspecified atom stereocenters. The molecule has 0 bridgehead atoms. The predicted octanol–water partition coefficient (Wildman–Crippen LogP) is 4.01. The van der Waals surface area contributed by atoms with Crippen LogP contribution < -0.4 is 4.72 Å². The van der Waals surface area contributed by atoms with Gasteiger partial charge in [0.15, 0.2) is 11.5 Å². The van der Waals surface area contributed by atoms with E-state index >= 15 is 0 Å². The summed E-state index contributed by atoms with van der Waals surface area (Å²) < 4.78 is 29.9. The molecule has 0 atom stereocenters. The summed E-state index contributed by atoms with van der Waals surface area (Å²) in [5.41, 5.74) is 2.30. The minimum absolute atomic E-state index is 0.0873. The van der Waals surface area contributed by atoms with E-state index in [9.17, 15) is 18.5 Å². The van der Waals surface area contributed by atoms with Crippen LogP contribution in [0.25, 0.3) is 21.9 Å². The van der Waals surface area contributed by atoms with E-state index in [1.165, 1.54) is 12.1 Å². The van der Waals surface area contributed by atoms with Crippen LogP contribution >= 0.6 is 0 Å². The first kappa shape index (κ1) is 19.8. The molecule has 0 aliphatic carbocycles. The molecule has 2 heterocycles. The van der Waals surface area contributed by atoms with Crippen molar-refractivity contribution in [3.63, 3.8) is 0 Å². The number of nitro groups is 1. The second-order valence-corrected chi connectivity index (χ2v) is 8.67. The Balaban J connectivity index is 1.81.